The van der Waals surface area contributed by atoms with Gasteiger partial charge in [-0.05, 0) is 26.5 Å². The Kier molecular flexibility index (Phi) is 6.16. The van der Waals surface area contributed by atoms with Gasteiger partial charge in [0, 0.05) is 24.3 Å². The molecule has 0 aromatic heterocycles. The Morgan fingerprint density at radius 3 is 2.62 bits per heavy atom. The van der Waals surface area contributed by atoms with Gasteiger partial charge in [0.15, 0.2) is 0 Å². The van der Waals surface area contributed by atoms with Crippen LogP contribution >= 0.6 is 11.8 Å². The Morgan fingerprint density at radius 2 is 2.15 bits per heavy atom. The van der Waals surface area contributed by atoms with Crippen LogP contribution in [0.2, 0.25) is 0 Å². The molecular weight excluding hydrogens is 186 g/mol. The van der Waals surface area contributed by atoms with Crippen LogP contribution in [0.3, 0.4) is 0 Å². The number of carbonyl (C=O) groups is 1. The first kappa shape index (κ1) is 12.8. The van der Waals surface area contributed by atoms with Crippen molar-refractivity contribution in [2.45, 2.75) is 32.2 Å². The van der Waals surface area contributed by atoms with Gasteiger partial charge in [-0.3, -0.25) is 4.79 Å². The third kappa shape index (κ3) is 6.90. The molecule has 0 aliphatic carbocycles. The minimum absolute atomic E-state index is 0.0628. The van der Waals surface area contributed by atoms with Crippen LogP contribution in [0.1, 0.15) is 26.7 Å². The van der Waals surface area contributed by atoms with Gasteiger partial charge in [0.2, 0.25) is 5.91 Å². The van der Waals surface area contributed by atoms with Crippen LogP contribution in [0.5, 0.6) is 0 Å². The van der Waals surface area contributed by atoms with E-state index < -0.39 is 0 Å². The lowest BCUT2D eigenvalue weighted by molar-refractivity contribution is -0.122. The number of hydrogen-bond acceptors (Lipinski definition) is 3. The SMILES string of the molecule is CSCCC(=O)NC(C)(C)CCO. The van der Waals surface area contributed by atoms with Gasteiger partial charge in [0.25, 0.3) is 0 Å². The number of hydrogen-bond donors (Lipinski definition) is 2. The quantitative estimate of drug-likeness (QED) is 0.680. The zero-order valence-corrected chi connectivity index (χ0v) is 9.41. The van der Waals surface area contributed by atoms with Crippen molar-refractivity contribution in [3.05, 3.63) is 0 Å². The number of rotatable bonds is 6. The second-order valence-corrected chi connectivity index (χ2v) is 4.63. The first-order valence-corrected chi connectivity index (χ1v) is 5.82. The largest absolute Gasteiger partial charge is 0.396 e. The summed E-state index contributed by atoms with van der Waals surface area (Å²) in [6.45, 7) is 3.94. The highest BCUT2D eigenvalue weighted by Crippen LogP contribution is 2.07. The van der Waals surface area contributed by atoms with Crippen molar-refractivity contribution in [1.29, 1.82) is 0 Å². The van der Waals surface area contributed by atoms with Gasteiger partial charge in [-0.1, -0.05) is 0 Å². The second-order valence-electron chi connectivity index (χ2n) is 3.65. The van der Waals surface area contributed by atoms with Crippen molar-refractivity contribution in [3.63, 3.8) is 0 Å². The molecule has 1 amide bonds. The van der Waals surface area contributed by atoms with E-state index in [1.165, 1.54) is 0 Å². The predicted molar refractivity (Wildman–Crippen MR) is 56.9 cm³/mol. The van der Waals surface area contributed by atoms with E-state index in [1.54, 1.807) is 11.8 Å². The normalized spacial score (nSPS) is 11.4. The maximum Gasteiger partial charge on any atom is 0.221 e. The number of aliphatic hydroxyl groups excluding tert-OH is 1. The highest BCUT2D eigenvalue weighted by Gasteiger charge is 2.18. The standard InChI is InChI=1S/C9H19NO2S/c1-9(2,5-6-11)10-8(12)4-7-13-3/h11H,4-7H2,1-3H3,(H,10,12). The second kappa shape index (κ2) is 6.27. The molecule has 0 unspecified atom stereocenters. The van der Waals surface area contributed by atoms with Crippen LogP contribution in [-0.2, 0) is 4.79 Å². The Labute approximate surface area is 84.3 Å². The van der Waals surface area contributed by atoms with E-state index in [1.807, 2.05) is 20.1 Å². The molecular formula is C9H19NO2S. The van der Waals surface area contributed by atoms with Crippen LogP contribution in [-0.4, -0.2) is 35.2 Å². The summed E-state index contributed by atoms with van der Waals surface area (Å²) in [6.07, 6.45) is 3.13. The topological polar surface area (TPSA) is 49.3 Å². The zero-order chi connectivity index (χ0) is 10.3. The minimum Gasteiger partial charge on any atom is -0.396 e. The number of nitrogens with one attached hydrogen (secondary N) is 1. The van der Waals surface area contributed by atoms with Crippen molar-refractivity contribution >= 4 is 17.7 Å². The molecule has 13 heavy (non-hydrogen) atoms. The fraction of sp³-hybridized carbons (Fsp3) is 0.889. The van der Waals surface area contributed by atoms with Gasteiger partial charge in [-0.2, -0.15) is 11.8 Å². The van der Waals surface area contributed by atoms with Crippen LogP contribution in [0.15, 0.2) is 0 Å². The Balaban J connectivity index is 3.75. The van der Waals surface area contributed by atoms with Gasteiger partial charge >= 0.3 is 0 Å². The Morgan fingerprint density at radius 1 is 1.54 bits per heavy atom. The van der Waals surface area contributed by atoms with Crippen LogP contribution in [0.25, 0.3) is 0 Å². The molecule has 0 aromatic rings. The number of amides is 1. The summed E-state index contributed by atoms with van der Waals surface area (Å²) in [5.74, 6) is 0.911. The first-order chi connectivity index (χ1) is 6.02. The third-order valence-corrected chi connectivity index (χ3v) is 2.36. The lowest BCUT2D eigenvalue weighted by atomic mass is 10.0. The molecule has 0 radical (unpaired) electrons. The Hall–Kier alpha value is -0.220. The van der Waals surface area contributed by atoms with E-state index in [0.717, 1.165) is 5.75 Å². The van der Waals surface area contributed by atoms with E-state index >= 15 is 0 Å². The van der Waals surface area contributed by atoms with E-state index in [-0.39, 0.29) is 18.1 Å². The number of carbonyl (C=O) groups excluding carboxylic acids is 1. The summed E-state index contributed by atoms with van der Waals surface area (Å²) in [5, 5.41) is 11.6. The lowest BCUT2D eigenvalue weighted by Gasteiger charge is -2.25. The maximum atomic E-state index is 11.3. The predicted octanol–water partition coefficient (Wildman–Crippen LogP) is 1.02. The molecule has 0 rings (SSSR count). The molecule has 0 bridgehead atoms. The first-order valence-electron chi connectivity index (χ1n) is 4.42. The lowest BCUT2D eigenvalue weighted by Crippen LogP contribution is -2.44. The molecule has 78 valence electrons. The van der Waals surface area contributed by atoms with Crippen LogP contribution in [0.4, 0.5) is 0 Å². The molecule has 3 nitrogen and oxygen atoms in total. The summed E-state index contributed by atoms with van der Waals surface area (Å²) in [5.41, 5.74) is -0.287. The van der Waals surface area contributed by atoms with E-state index in [0.29, 0.717) is 12.8 Å². The number of aliphatic hydroxyl groups is 1. The van der Waals surface area contributed by atoms with Crippen molar-refractivity contribution in [3.8, 4) is 0 Å². The van der Waals surface area contributed by atoms with Crippen molar-refractivity contribution in [1.82, 2.24) is 5.32 Å². The van der Waals surface area contributed by atoms with Crippen LogP contribution in [0, 0.1) is 0 Å². The fourth-order valence-electron chi connectivity index (χ4n) is 0.977. The monoisotopic (exact) mass is 205 g/mol. The van der Waals surface area contributed by atoms with Crippen molar-refractivity contribution < 1.29 is 9.90 Å². The van der Waals surface area contributed by atoms with Gasteiger partial charge in [-0.15, -0.1) is 0 Å². The molecule has 0 aliphatic rings. The Bertz CT molecular complexity index is 160. The molecule has 0 aliphatic heterocycles. The highest BCUT2D eigenvalue weighted by atomic mass is 32.2. The zero-order valence-electron chi connectivity index (χ0n) is 8.59. The summed E-state index contributed by atoms with van der Waals surface area (Å²) in [7, 11) is 0. The number of thioether (sulfide) groups is 1. The molecule has 0 fully saturated rings. The van der Waals surface area contributed by atoms with E-state index in [9.17, 15) is 4.79 Å². The van der Waals surface area contributed by atoms with Gasteiger partial charge < -0.3 is 10.4 Å². The summed E-state index contributed by atoms with van der Waals surface area (Å²) >= 11 is 1.66. The van der Waals surface area contributed by atoms with Crippen molar-refractivity contribution in [2.75, 3.05) is 18.6 Å². The summed E-state index contributed by atoms with van der Waals surface area (Å²) in [6, 6.07) is 0. The molecule has 0 aromatic carbocycles. The molecule has 4 heteroatoms. The van der Waals surface area contributed by atoms with Gasteiger partial charge in [0.05, 0.1) is 0 Å². The highest BCUT2D eigenvalue weighted by molar-refractivity contribution is 7.98. The maximum absolute atomic E-state index is 11.3. The third-order valence-electron chi connectivity index (χ3n) is 1.75. The van der Waals surface area contributed by atoms with Gasteiger partial charge in [0.1, 0.15) is 0 Å². The van der Waals surface area contributed by atoms with E-state index in [4.69, 9.17) is 5.11 Å². The average molecular weight is 205 g/mol. The molecule has 0 saturated heterocycles. The average Bonchev–Trinajstić information content (AvgIpc) is 1.99. The van der Waals surface area contributed by atoms with E-state index in [2.05, 4.69) is 5.32 Å². The smallest absolute Gasteiger partial charge is 0.221 e. The molecule has 0 saturated carbocycles. The fourth-order valence-corrected chi connectivity index (χ4v) is 1.37. The molecule has 0 atom stereocenters. The van der Waals surface area contributed by atoms with Gasteiger partial charge in [-0.25, -0.2) is 0 Å². The summed E-state index contributed by atoms with van der Waals surface area (Å²) in [4.78, 5) is 11.3. The van der Waals surface area contributed by atoms with Crippen molar-refractivity contribution in [2.24, 2.45) is 0 Å². The molecule has 2 N–H and O–H groups in total. The minimum atomic E-state index is -0.287. The van der Waals surface area contributed by atoms with Crippen LogP contribution < -0.4 is 5.32 Å². The molecule has 0 spiro atoms. The summed E-state index contributed by atoms with van der Waals surface area (Å²) < 4.78 is 0. The molecule has 0 heterocycles.